The summed E-state index contributed by atoms with van der Waals surface area (Å²) in [7, 11) is 3.26. The average molecular weight is 317 g/mol. The second-order valence-electron chi connectivity index (χ2n) is 4.89. The standard InChI is InChI=1S/C15H15N3O5/c1-16(10-11-3-6-13(23-2)7-4-11)14-8-5-12(17(19)20)9-15(14)18(21)22/h3-9H,10H2,1-2H3. The van der Waals surface area contributed by atoms with Crippen molar-refractivity contribution in [2.45, 2.75) is 6.54 Å². The molecule has 0 bridgehead atoms. The zero-order valence-electron chi connectivity index (χ0n) is 12.6. The van der Waals surface area contributed by atoms with Crippen LogP contribution in [0.3, 0.4) is 0 Å². The molecule has 8 heteroatoms. The van der Waals surface area contributed by atoms with Crippen LogP contribution in [0.15, 0.2) is 42.5 Å². The lowest BCUT2D eigenvalue weighted by Crippen LogP contribution is -2.17. The summed E-state index contributed by atoms with van der Waals surface area (Å²) in [6, 6.07) is 10.9. The molecule has 0 spiro atoms. The summed E-state index contributed by atoms with van der Waals surface area (Å²) in [5.74, 6) is 0.720. The molecule has 0 aliphatic carbocycles. The van der Waals surface area contributed by atoms with E-state index in [1.54, 1.807) is 31.2 Å². The zero-order chi connectivity index (χ0) is 17.0. The van der Waals surface area contributed by atoms with Crippen molar-refractivity contribution in [1.82, 2.24) is 0 Å². The van der Waals surface area contributed by atoms with Gasteiger partial charge < -0.3 is 9.64 Å². The van der Waals surface area contributed by atoms with Gasteiger partial charge in [-0.05, 0) is 23.8 Å². The van der Waals surface area contributed by atoms with Crippen molar-refractivity contribution in [1.29, 1.82) is 0 Å². The third kappa shape index (κ3) is 3.73. The first-order valence-electron chi connectivity index (χ1n) is 6.69. The summed E-state index contributed by atoms with van der Waals surface area (Å²) in [4.78, 5) is 22.3. The van der Waals surface area contributed by atoms with Crippen LogP contribution >= 0.6 is 0 Å². The molecule has 0 atom stereocenters. The van der Waals surface area contributed by atoms with Crippen molar-refractivity contribution in [3.05, 3.63) is 68.3 Å². The first-order valence-corrected chi connectivity index (χ1v) is 6.69. The molecule has 0 aromatic heterocycles. The first-order chi connectivity index (χ1) is 10.9. The number of ether oxygens (including phenoxy) is 1. The molecule has 0 amide bonds. The predicted molar refractivity (Wildman–Crippen MR) is 84.9 cm³/mol. The SMILES string of the molecule is COc1ccc(CN(C)c2ccc([N+](=O)[O-])cc2[N+](=O)[O-])cc1. The van der Waals surface area contributed by atoms with Crippen molar-refractivity contribution < 1.29 is 14.6 Å². The second kappa shape index (κ2) is 6.73. The Hall–Kier alpha value is -3.16. The fourth-order valence-electron chi connectivity index (χ4n) is 2.18. The molecule has 2 aromatic rings. The van der Waals surface area contributed by atoms with Gasteiger partial charge in [-0.2, -0.15) is 0 Å². The molecular formula is C15H15N3O5. The third-order valence-electron chi connectivity index (χ3n) is 3.36. The Labute approximate surface area is 132 Å². The molecule has 0 aliphatic rings. The van der Waals surface area contributed by atoms with Crippen LogP contribution in [0.4, 0.5) is 17.1 Å². The van der Waals surface area contributed by atoms with Gasteiger partial charge in [0.25, 0.3) is 11.4 Å². The number of non-ortho nitro benzene ring substituents is 1. The molecule has 0 heterocycles. The summed E-state index contributed by atoms with van der Waals surface area (Å²) < 4.78 is 5.08. The van der Waals surface area contributed by atoms with Crippen molar-refractivity contribution in [3.63, 3.8) is 0 Å². The van der Waals surface area contributed by atoms with Gasteiger partial charge in [-0.15, -0.1) is 0 Å². The van der Waals surface area contributed by atoms with Crippen LogP contribution in [0.2, 0.25) is 0 Å². The molecule has 120 valence electrons. The highest BCUT2D eigenvalue weighted by atomic mass is 16.6. The molecule has 0 radical (unpaired) electrons. The second-order valence-corrected chi connectivity index (χ2v) is 4.89. The largest absolute Gasteiger partial charge is 0.497 e. The lowest BCUT2D eigenvalue weighted by atomic mass is 10.1. The minimum atomic E-state index is -0.653. The summed E-state index contributed by atoms with van der Waals surface area (Å²) in [6.07, 6.45) is 0. The number of nitro benzene ring substituents is 2. The molecule has 8 nitrogen and oxygen atoms in total. The average Bonchev–Trinajstić information content (AvgIpc) is 2.54. The highest BCUT2D eigenvalue weighted by Gasteiger charge is 2.21. The molecule has 0 unspecified atom stereocenters. The summed E-state index contributed by atoms with van der Waals surface area (Å²) >= 11 is 0. The summed E-state index contributed by atoms with van der Waals surface area (Å²) in [5.41, 5.74) is 0.644. The van der Waals surface area contributed by atoms with E-state index < -0.39 is 9.85 Å². The maximum Gasteiger partial charge on any atom is 0.299 e. The third-order valence-corrected chi connectivity index (χ3v) is 3.36. The number of rotatable bonds is 6. The maximum absolute atomic E-state index is 11.2. The molecule has 23 heavy (non-hydrogen) atoms. The highest BCUT2D eigenvalue weighted by Crippen LogP contribution is 2.32. The smallest absolute Gasteiger partial charge is 0.299 e. The van der Waals surface area contributed by atoms with Gasteiger partial charge in [0.1, 0.15) is 11.4 Å². The van der Waals surface area contributed by atoms with Crippen LogP contribution in [0.25, 0.3) is 0 Å². The van der Waals surface area contributed by atoms with E-state index in [1.807, 2.05) is 12.1 Å². The molecule has 2 rings (SSSR count). The summed E-state index contributed by atoms with van der Waals surface area (Å²) in [6.45, 7) is 0.419. The van der Waals surface area contributed by atoms with Crippen molar-refractivity contribution in [3.8, 4) is 5.75 Å². The fourth-order valence-corrected chi connectivity index (χ4v) is 2.18. The van der Waals surface area contributed by atoms with Gasteiger partial charge >= 0.3 is 0 Å². The predicted octanol–water partition coefficient (Wildman–Crippen LogP) is 3.15. The Morgan fingerprint density at radius 1 is 1.04 bits per heavy atom. The van der Waals surface area contributed by atoms with E-state index >= 15 is 0 Å². The Bertz CT molecular complexity index is 730. The van der Waals surface area contributed by atoms with E-state index in [0.29, 0.717) is 12.2 Å². The minimum absolute atomic E-state index is 0.296. The lowest BCUT2D eigenvalue weighted by Gasteiger charge is -2.19. The highest BCUT2D eigenvalue weighted by molar-refractivity contribution is 5.66. The van der Waals surface area contributed by atoms with Crippen molar-refractivity contribution >= 4 is 17.1 Å². The number of nitro groups is 2. The Kier molecular flexibility index (Phi) is 4.75. The van der Waals surface area contributed by atoms with Gasteiger partial charge in [0.05, 0.1) is 23.0 Å². The fraction of sp³-hybridized carbons (Fsp3) is 0.200. The van der Waals surface area contributed by atoms with Crippen LogP contribution < -0.4 is 9.64 Å². The van der Waals surface area contributed by atoms with E-state index in [4.69, 9.17) is 4.74 Å². The minimum Gasteiger partial charge on any atom is -0.497 e. The van der Waals surface area contributed by atoms with E-state index in [0.717, 1.165) is 17.4 Å². The van der Waals surface area contributed by atoms with E-state index in [1.165, 1.54) is 12.1 Å². The Morgan fingerprint density at radius 2 is 1.70 bits per heavy atom. The maximum atomic E-state index is 11.2. The normalized spacial score (nSPS) is 10.2. The van der Waals surface area contributed by atoms with E-state index in [-0.39, 0.29) is 11.4 Å². The Balaban J connectivity index is 2.28. The van der Waals surface area contributed by atoms with Crippen LogP contribution in [0.1, 0.15) is 5.56 Å². The van der Waals surface area contributed by atoms with Gasteiger partial charge in [-0.3, -0.25) is 20.2 Å². The number of nitrogens with zero attached hydrogens (tertiary/aromatic N) is 3. The molecule has 0 fully saturated rings. The number of methoxy groups -OCH3 is 1. The van der Waals surface area contributed by atoms with E-state index in [9.17, 15) is 20.2 Å². The van der Waals surface area contributed by atoms with Crippen molar-refractivity contribution in [2.75, 3.05) is 19.1 Å². The molecular weight excluding hydrogens is 302 g/mol. The van der Waals surface area contributed by atoms with Crippen LogP contribution in [-0.2, 0) is 6.54 Å². The Morgan fingerprint density at radius 3 is 2.22 bits per heavy atom. The monoisotopic (exact) mass is 317 g/mol. The van der Waals surface area contributed by atoms with Gasteiger partial charge in [0.2, 0.25) is 0 Å². The molecule has 0 saturated heterocycles. The number of hydrogen-bond acceptors (Lipinski definition) is 6. The molecule has 2 aromatic carbocycles. The number of benzene rings is 2. The lowest BCUT2D eigenvalue weighted by molar-refractivity contribution is -0.393. The zero-order valence-corrected chi connectivity index (χ0v) is 12.6. The van der Waals surface area contributed by atoms with Crippen LogP contribution in [0.5, 0.6) is 5.75 Å². The quantitative estimate of drug-likeness (QED) is 0.599. The van der Waals surface area contributed by atoms with Crippen LogP contribution in [-0.4, -0.2) is 24.0 Å². The molecule has 0 saturated carbocycles. The van der Waals surface area contributed by atoms with Gasteiger partial charge in [0.15, 0.2) is 0 Å². The number of anilines is 1. The van der Waals surface area contributed by atoms with Gasteiger partial charge in [0, 0.05) is 19.7 Å². The first kappa shape index (κ1) is 16.2. The molecule has 0 N–H and O–H groups in total. The van der Waals surface area contributed by atoms with Crippen LogP contribution in [0, 0.1) is 20.2 Å². The van der Waals surface area contributed by atoms with Gasteiger partial charge in [-0.1, -0.05) is 12.1 Å². The topological polar surface area (TPSA) is 98.8 Å². The summed E-state index contributed by atoms with van der Waals surface area (Å²) in [5, 5.41) is 21.9. The van der Waals surface area contributed by atoms with E-state index in [2.05, 4.69) is 0 Å². The molecule has 0 aliphatic heterocycles. The van der Waals surface area contributed by atoms with Gasteiger partial charge in [-0.25, -0.2) is 0 Å². The number of hydrogen-bond donors (Lipinski definition) is 0. The van der Waals surface area contributed by atoms with Crippen molar-refractivity contribution in [2.24, 2.45) is 0 Å².